The molecule has 0 saturated carbocycles. The zero-order chi connectivity index (χ0) is 18.0. The Morgan fingerprint density at radius 3 is 2.69 bits per heavy atom. The van der Waals surface area contributed by atoms with Crippen molar-refractivity contribution in [3.05, 3.63) is 57.8 Å². The van der Waals surface area contributed by atoms with Gasteiger partial charge in [0.05, 0.1) is 18.8 Å². The number of carbonyl (C=O) groups is 2. The van der Waals surface area contributed by atoms with Crippen molar-refractivity contribution in [2.75, 3.05) is 26.2 Å². The lowest BCUT2D eigenvalue weighted by Crippen LogP contribution is -2.50. The van der Waals surface area contributed by atoms with Gasteiger partial charge in [0.1, 0.15) is 0 Å². The number of fused-ring (bicyclic) bond motifs is 2. The number of nitrogens with one attached hydrogen (secondary N) is 1. The van der Waals surface area contributed by atoms with Crippen LogP contribution in [0.4, 0.5) is 0 Å². The van der Waals surface area contributed by atoms with Gasteiger partial charge in [0.15, 0.2) is 0 Å². The maximum Gasteiger partial charge on any atom is 0.251 e. The van der Waals surface area contributed by atoms with Crippen LogP contribution in [0.25, 0.3) is 0 Å². The number of hydrogen-bond acceptors (Lipinski definition) is 4. The van der Waals surface area contributed by atoms with Gasteiger partial charge in [0.2, 0.25) is 5.91 Å². The summed E-state index contributed by atoms with van der Waals surface area (Å²) in [6.45, 7) is 2.12. The van der Waals surface area contributed by atoms with E-state index in [2.05, 4.69) is 16.8 Å². The number of piperidine rings is 1. The van der Waals surface area contributed by atoms with E-state index in [1.165, 1.54) is 10.4 Å². The van der Waals surface area contributed by atoms with Crippen LogP contribution < -0.4 is 5.32 Å². The molecule has 0 bridgehead atoms. The molecule has 2 aliphatic heterocycles. The Hall–Kier alpha value is -2.18. The van der Waals surface area contributed by atoms with Crippen molar-refractivity contribution in [2.45, 2.75) is 24.9 Å². The van der Waals surface area contributed by atoms with Crippen LogP contribution in [0, 0.1) is 0 Å². The Balaban J connectivity index is 1.33. The highest BCUT2D eigenvalue weighted by molar-refractivity contribution is 7.10. The SMILES string of the molecule is O=C(NCC(=O)N1CCC2(CC1)OCCc1sccc12)c1ccccc1. The molecule has 5 nitrogen and oxygen atoms in total. The first kappa shape index (κ1) is 17.2. The largest absolute Gasteiger partial charge is 0.370 e. The maximum atomic E-state index is 12.5. The Morgan fingerprint density at radius 1 is 1.15 bits per heavy atom. The van der Waals surface area contributed by atoms with Crippen LogP contribution in [0.1, 0.15) is 33.6 Å². The average molecular weight is 370 g/mol. The normalized spacial score (nSPS) is 18.4. The molecule has 1 aromatic carbocycles. The molecule has 4 rings (SSSR count). The Bertz CT molecular complexity index is 794. The number of nitrogens with zero attached hydrogens (tertiary/aromatic N) is 1. The van der Waals surface area contributed by atoms with E-state index in [0.29, 0.717) is 18.7 Å². The summed E-state index contributed by atoms with van der Waals surface area (Å²) in [5.41, 5.74) is 1.66. The van der Waals surface area contributed by atoms with Gasteiger partial charge in [-0.25, -0.2) is 0 Å². The summed E-state index contributed by atoms with van der Waals surface area (Å²) in [5, 5.41) is 4.86. The van der Waals surface area contributed by atoms with Gasteiger partial charge in [-0.1, -0.05) is 18.2 Å². The molecule has 0 aliphatic carbocycles. The van der Waals surface area contributed by atoms with Crippen LogP contribution in [0.5, 0.6) is 0 Å². The number of benzene rings is 1. The minimum absolute atomic E-state index is 0.0330. The predicted molar refractivity (Wildman–Crippen MR) is 100 cm³/mol. The molecule has 2 aliphatic rings. The van der Waals surface area contributed by atoms with Crippen molar-refractivity contribution in [3.63, 3.8) is 0 Å². The predicted octanol–water partition coefficient (Wildman–Crippen LogP) is 2.57. The first-order valence-electron chi connectivity index (χ1n) is 9.00. The first-order chi connectivity index (χ1) is 12.7. The molecular formula is C20H22N2O3S. The van der Waals surface area contributed by atoms with E-state index in [0.717, 1.165) is 25.9 Å². The smallest absolute Gasteiger partial charge is 0.251 e. The summed E-state index contributed by atoms with van der Waals surface area (Å²) in [4.78, 5) is 27.8. The third-order valence-corrected chi connectivity index (χ3v) is 6.28. The second kappa shape index (κ2) is 7.21. The van der Waals surface area contributed by atoms with Gasteiger partial charge in [-0.05, 0) is 42.0 Å². The molecule has 1 aromatic heterocycles. The standard InChI is InChI=1S/C20H22N2O3S/c23-18(14-21-19(24)15-4-2-1-3-5-15)22-10-8-20(9-11-22)16-7-13-26-17(16)6-12-25-20/h1-5,7,13H,6,8-12,14H2,(H,21,24). The Kier molecular flexibility index (Phi) is 4.78. The molecule has 1 saturated heterocycles. The summed E-state index contributed by atoms with van der Waals surface area (Å²) >= 11 is 1.80. The summed E-state index contributed by atoms with van der Waals surface area (Å²) in [6, 6.07) is 11.1. The topological polar surface area (TPSA) is 58.6 Å². The van der Waals surface area contributed by atoms with Gasteiger partial charge in [-0.15, -0.1) is 11.3 Å². The number of rotatable bonds is 3. The summed E-state index contributed by atoms with van der Waals surface area (Å²) < 4.78 is 6.17. The lowest BCUT2D eigenvalue weighted by molar-refractivity contribution is -0.139. The van der Waals surface area contributed by atoms with Gasteiger partial charge in [0.25, 0.3) is 5.91 Å². The van der Waals surface area contributed by atoms with E-state index < -0.39 is 0 Å². The fourth-order valence-corrected chi connectivity index (χ4v) is 4.80. The van der Waals surface area contributed by atoms with E-state index in [9.17, 15) is 9.59 Å². The second-order valence-electron chi connectivity index (χ2n) is 6.78. The van der Waals surface area contributed by atoms with Crippen LogP contribution in [-0.4, -0.2) is 43.0 Å². The molecule has 0 atom stereocenters. The molecule has 6 heteroatoms. The fourth-order valence-electron chi connectivity index (χ4n) is 3.85. The highest BCUT2D eigenvalue weighted by Gasteiger charge is 2.42. The van der Waals surface area contributed by atoms with Crippen LogP contribution >= 0.6 is 11.3 Å². The second-order valence-corrected chi connectivity index (χ2v) is 7.78. The van der Waals surface area contributed by atoms with Crippen molar-refractivity contribution in [1.82, 2.24) is 10.2 Å². The summed E-state index contributed by atoms with van der Waals surface area (Å²) in [5.74, 6) is -0.253. The molecule has 3 heterocycles. The van der Waals surface area contributed by atoms with Crippen molar-refractivity contribution in [3.8, 4) is 0 Å². The lowest BCUT2D eigenvalue weighted by Gasteiger charge is -2.44. The van der Waals surface area contributed by atoms with Crippen molar-refractivity contribution in [1.29, 1.82) is 0 Å². The van der Waals surface area contributed by atoms with E-state index in [4.69, 9.17) is 4.74 Å². The number of amides is 2. The van der Waals surface area contributed by atoms with Gasteiger partial charge in [0, 0.05) is 30.0 Å². The highest BCUT2D eigenvalue weighted by atomic mass is 32.1. The third kappa shape index (κ3) is 3.27. The van der Waals surface area contributed by atoms with Crippen molar-refractivity contribution >= 4 is 23.2 Å². The van der Waals surface area contributed by atoms with E-state index in [-0.39, 0.29) is 24.0 Å². The molecule has 26 heavy (non-hydrogen) atoms. The molecule has 2 amide bonds. The molecule has 0 unspecified atom stereocenters. The van der Waals surface area contributed by atoms with Crippen LogP contribution in [0.3, 0.4) is 0 Å². The number of carbonyl (C=O) groups excluding carboxylic acids is 2. The minimum atomic E-state index is -0.225. The maximum absolute atomic E-state index is 12.5. The number of hydrogen-bond donors (Lipinski definition) is 1. The Labute approximate surface area is 157 Å². The van der Waals surface area contributed by atoms with Crippen LogP contribution in [0.15, 0.2) is 41.8 Å². The average Bonchev–Trinajstić information content (AvgIpc) is 3.18. The quantitative estimate of drug-likeness (QED) is 0.903. The molecular weight excluding hydrogens is 348 g/mol. The van der Waals surface area contributed by atoms with Crippen LogP contribution in [0.2, 0.25) is 0 Å². The third-order valence-electron chi connectivity index (χ3n) is 5.30. The zero-order valence-electron chi connectivity index (χ0n) is 14.6. The molecule has 1 fully saturated rings. The number of likely N-dealkylation sites (tertiary alicyclic amines) is 1. The summed E-state index contributed by atoms with van der Waals surface area (Å²) in [6.07, 6.45) is 2.62. The molecule has 0 radical (unpaired) electrons. The Morgan fingerprint density at radius 2 is 1.92 bits per heavy atom. The molecule has 136 valence electrons. The van der Waals surface area contributed by atoms with Gasteiger partial charge in [-0.2, -0.15) is 0 Å². The first-order valence-corrected chi connectivity index (χ1v) is 9.88. The minimum Gasteiger partial charge on any atom is -0.370 e. The summed E-state index contributed by atoms with van der Waals surface area (Å²) in [7, 11) is 0. The fraction of sp³-hybridized carbons (Fsp3) is 0.400. The van der Waals surface area contributed by atoms with Crippen molar-refractivity contribution in [2.24, 2.45) is 0 Å². The zero-order valence-corrected chi connectivity index (χ0v) is 15.4. The monoisotopic (exact) mass is 370 g/mol. The van der Waals surface area contributed by atoms with Gasteiger partial charge in [-0.3, -0.25) is 9.59 Å². The lowest BCUT2D eigenvalue weighted by atomic mass is 9.82. The van der Waals surface area contributed by atoms with E-state index in [1.54, 1.807) is 23.5 Å². The van der Waals surface area contributed by atoms with Crippen molar-refractivity contribution < 1.29 is 14.3 Å². The van der Waals surface area contributed by atoms with Gasteiger partial charge >= 0.3 is 0 Å². The molecule has 1 N–H and O–H groups in total. The molecule has 1 spiro atoms. The van der Waals surface area contributed by atoms with E-state index in [1.807, 2.05) is 23.1 Å². The number of thiophene rings is 1. The highest BCUT2D eigenvalue weighted by Crippen LogP contribution is 2.43. The van der Waals surface area contributed by atoms with Crippen LogP contribution in [-0.2, 0) is 21.6 Å². The number of ether oxygens (including phenoxy) is 1. The molecule has 2 aromatic rings. The van der Waals surface area contributed by atoms with E-state index >= 15 is 0 Å². The van der Waals surface area contributed by atoms with Gasteiger partial charge < -0.3 is 15.0 Å².